The van der Waals surface area contributed by atoms with Crippen LogP contribution >= 0.6 is 11.3 Å². The molecule has 0 saturated heterocycles. The van der Waals surface area contributed by atoms with Gasteiger partial charge in [0.15, 0.2) is 0 Å². The molecule has 2 aromatic rings. The van der Waals surface area contributed by atoms with Crippen LogP contribution in [0.3, 0.4) is 0 Å². The minimum Gasteiger partial charge on any atom is -0.316 e. The molecule has 0 spiro atoms. The Morgan fingerprint density at radius 1 is 1.25 bits per heavy atom. The SMILES string of the molecule is CCCNCC(Cc1ccc(F)cc1)Cc1cncs1. The highest BCUT2D eigenvalue weighted by Crippen LogP contribution is 2.17. The number of hydrogen-bond acceptors (Lipinski definition) is 3. The Bertz CT molecular complexity index is 482. The van der Waals surface area contributed by atoms with E-state index in [4.69, 9.17) is 0 Å². The number of halogens is 1. The van der Waals surface area contributed by atoms with Crippen LogP contribution in [0.25, 0.3) is 0 Å². The second-order valence-electron chi connectivity index (χ2n) is 5.07. The zero-order valence-corrected chi connectivity index (χ0v) is 12.6. The molecular formula is C16H21FN2S. The van der Waals surface area contributed by atoms with Crippen LogP contribution in [0.4, 0.5) is 4.39 Å². The first-order chi connectivity index (χ1) is 9.78. The largest absolute Gasteiger partial charge is 0.316 e. The molecule has 2 rings (SSSR count). The number of thiazole rings is 1. The second kappa shape index (κ2) is 8.12. The van der Waals surface area contributed by atoms with Gasteiger partial charge in [-0.1, -0.05) is 19.1 Å². The van der Waals surface area contributed by atoms with Crippen LogP contribution in [-0.2, 0) is 12.8 Å². The number of rotatable bonds is 8. The van der Waals surface area contributed by atoms with E-state index in [-0.39, 0.29) is 5.82 Å². The molecule has 0 aliphatic rings. The summed E-state index contributed by atoms with van der Waals surface area (Å²) in [6, 6.07) is 6.85. The normalized spacial score (nSPS) is 12.5. The van der Waals surface area contributed by atoms with E-state index >= 15 is 0 Å². The maximum Gasteiger partial charge on any atom is 0.123 e. The van der Waals surface area contributed by atoms with Crippen LogP contribution in [0.5, 0.6) is 0 Å². The highest BCUT2D eigenvalue weighted by atomic mass is 32.1. The molecule has 1 N–H and O–H groups in total. The van der Waals surface area contributed by atoms with Gasteiger partial charge in [-0.05, 0) is 56.0 Å². The van der Waals surface area contributed by atoms with Crippen molar-refractivity contribution in [2.24, 2.45) is 5.92 Å². The lowest BCUT2D eigenvalue weighted by molar-refractivity contribution is 0.473. The van der Waals surface area contributed by atoms with E-state index in [1.165, 1.54) is 10.4 Å². The molecule has 0 bridgehead atoms. The fourth-order valence-corrected chi connectivity index (χ4v) is 2.99. The monoisotopic (exact) mass is 292 g/mol. The molecule has 0 aliphatic heterocycles. The second-order valence-corrected chi connectivity index (χ2v) is 6.04. The predicted octanol–water partition coefficient (Wildman–Crippen LogP) is 3.68. The van der Waals surface area contributed by atoms with Gasteiger partial charge in [0.1, 0.15) is 5.82 Å². The Kier molecular flexibility index (Phi) is 6.15. The third-order valence-electron chi connectivity index (χ3n) is 3.27. The van der Waals surface area contributed by atoms with Gasteiger partial charge in [0.05, 0.1) is 5.51 Å². The summed E-state index contributed by atoms with van der Waals surface area (Å²) in [5.74, 6) is 0.351. The maximum atomic E-state index is 13.0. The van der Waals surface area contributed by atoms with E-state index in [1.807, 2.05) is 23.8 Å². The van der Waals surface area contributed by atoms with Gasteiger partial charge >= 0.3 is 0 Å². The maximum absolute atomic E-state index is 13.0. The Morgan fingerprint density at radius 2 is 2.05 bits per heavy atom. The molecule has 0 saturated carbocycles. The molecule has 0 amide bonds. The number of nitrogens with one attached hydrogen (secondary N) is 1. The first-order valence-electron chi connectivity index (χ1n) is 7.10. The van der Waals surface area contributed by atoms with Crippen molar-refractivity contribution in [3.05, 3.63) is 52.2 Å². The Hall–Kier alpha value is -1.26. The van der Waals surface area contributed by atoms with Crippen LogP contribution in [0.15, 0.2) is 36.0 Å². The number of aromatic nitrogens is 1. The lowest BCUT2D eigenvalue weighted by Crippen LogP contribution is -2.26. The summed E-state index contributed by atoms with van der Waals surface area (Å²) < 4.78 is 13.0. The number of benzene rings is 1. The van der Waals surface area contributed by atoms with Gasteiger partial charge < -0.3 is 5.32 Å². The van der Waals surface area contributed by atoms with E-state index in [9.17, 15) is 4.39 Å². The highest BCUT2D eigenvalue weighted by Gasteiger charge is 2.11. The van der Waals surface area contributed by atoms with E-state index in [0.717, 1.165) is 32.4 Å². The van der Waals surface area contributed by atoms with Crippen molar-refractivity contribution >= 4 is 11.3 Å². The zero-order valence-electron chi connectivity index (χ0n) is 11.8. The summed E-state index contributed by atoms with van der Waals surface area (Å²) in [7, 11) is 0. The first-order valence-corrected chi connectivity index (χ1v) is 7.98. The molecule has 1 aromatic heterocycles. The predicted molar refractivity (Wildman–Crippen MR) is 82.6 cm³/mol. The van der Waals surface area contributed by atoms with Crippen molar-refractivity contribution < 1.29 is 4.39 Å². The Morgan fingerprint density at radius 3 is 2.70 bits per heavy atom. The summed E-state index contributed by atoms with van der Waals surface area (Å²) in [4.78, 5) is 5.45. The topological polar surface area (TPSA) is 24.9 Å². The lowest BCUT2D eigenvalue weighted by Gasteiger charge is -2.17. The molecule has 0 radical (unpaired) electrons. The smallest absolute Gasteiger partial charge is 0.123 e. The average molecular weight is 292 g/mol. The molecule has 1 atom stereocenters. The van der Waals surface area contributed by atoms with Crippen LogP contribution in [0.2, 0.25) is 0 Å². The van der Waals surface area contributed by atoms with Crippen LogP contribution < -0.4 is 5.32 Å². The fraction of sp³-hybridized carbons (Fsp3) is 0.438. The van der Waals surface area contributed by atoms with E-state index < -0.39 is 0 Å². The van der Waals surface area contributed by atoms with Crippen molar-refractivity contribution in [1.82, 2.24) is 10.3 Å². The molecule has 0 fully saturated rings. The number of hydrogen-bond donors (Lipinski definition) is 1. The molecule has 2 nitrogen and oxygen atoms in total. The van der Waals surface area contributed by atoms with Crippen molar-refractivity contribution in [3.63, 3.8) is 0 Å². The Labute approximate surface area is 124 Å². The van der Waals surface area contributed by atoms with Crippen molar-refractivity contribution in [3.8, 4) is 0 Å². The summed E-state index contributed by atoms with van der Waals surface area (Å²) in [6.45, 7) is 4.21. The summed E-state index contributed by atoms with van der Waals surface area (Å²) in [5.41, 5.74) is 3.07. The molecule has 1 aromatic carbocycles. The highest BCUT2D eigenvalue weighted by molar-refractivity contribution is 7.09. The van der Waals surface area contributed by atoms with Crippen molar-refractivity contribution in [2.75, 3.05) is 13.1 Å². The van der Waals surface area contributed by atoms with Crippen LogP contribution in [0, 0.1) is 11.7 Å². The molecule has 20 heavy (non-hydrogen) atoms. The molecule has 0 aliphatic carbocycles. The Balaban J connectivity index is 1.95. The minimum atomic E-state index is -0.170. The third kappa shape index (κ3) is 5.02. The zero-order chi connectivity index (χ0) is 14.2. The molecule has 4 heteroatoms. The van der Waals surface area contributed by atoms with Crippen molar-refractivity contribution in [1.29, 1.82) is 0 Å². The van der Waals surface area contributed by atoms with Gasteiger partial charge in [0.25, 0.3) is 0 Å². The average Bonchev–Trinajstić information content (AvgIpc) is 2.94. The molecular weight excluding hydrogens is 271 g/mol. The van der Waals surface area contributed by atoms with E-state index in [0.29, 0.717) is 5.92 Å². The molecule has 1 unspecified atom stereocenters. The van der Waals surface area contributed by atoms with Gasteiger partial charge in [-0.15, -0.1) is 11.3 Å². The fourth-order valence-electron chi connectivity index (χ4n) is 2.28. The number of nitrogens with zero attached hydrogens (tertiary/aromatic N) is 1. The minimum absolute atomic E-state index is 0.170. The summed E-state index contributed by atoms with van der Waals surface area (Å²) >= 11 is 1.70. The van der Waals surface area contributed by atoms with Crippen LogP contribution in [-0.4, -0.2) is 18.1 Å². The summed E-state index contributed by atoms with van der Waals surface area (Å²) in [6.07, 6.45) is 5.08. The van der Waals surface area contributed by atoms with Crippen LogP contribution in [0.1, 0.15) is 23.8 Å². The molecule has 108 valence electrons. The van der Waals surface area contributed by atoms with Gasteiger partial charge in [0.2, 0.25) is 0 Å². The molecule has 1 heterocycles. The van der Waals surface area contributed by atoms with Gasteiger partial charge in [0, 0.05) is 11.1 Å². The van der Waals surface area contributed by atoms with E-state index in [1.54, 1.807) is 23.5 Å². The third-order valence-corrected chi connectivity index (χ3v) is 4.07. The van der Waals surface area contributed by atoms with Gasteiger partial charge in [-0.2, -0.15) is 0 Å². The summed E-state index contributed by atoms with van der Waals surface area (Å²) in [5, 5.41) is 3.49. The first kappa shape index (κ1) is 15.1. The van der Waals surface area contributed by atoms with E-state index in [2.05, 4.69) is 17.2 Å². The quantitative estimate of drug-likeness (QED) is 0.751. The van der Waals surface area contributed by atoms with Gasteiger partial charge in [-0.25, -0.2) is 4.39 Å². The standard InChI is InChI=1S/C16H21FN2S/c1-2-7-18-10-14(9-16-11-19-12-20-16)8-13-3-5-15(17)6-4-13/h3-6,11-12,14,18H,2,7-10H2,1H3. The van der Waals surface area contributed by atoms with Crippen molar-refractivity contribution in [2.45, 2.75) is 26.2 Å². The van der Waals surface area contributed by atoms with Gasteiger partial charge in [-0.3, -0.25) is 4.98 Å². The lowest BCUT2D eigenvalue weighted by atomic mass is 9.95.